The van der Waals surface area contributed by atoms with Crippen molar-refractivity contribution in [2.75, 3.05) is 5.32 Å². The fourth-order valence-electron chi connectivity index (χ4n) is 2.71. The van der Waals surface area contributed by atoms with Crippen molar-refractivity contribution in [1.29, 1.82) is 0 Å². The van der Waals surface area contributed by atoms with Gasteiger partial charge in [-0.15, -0.1) is 0 Å². The number of carbonyl (C=O) groups excluding carboxylic acids is 1. The van der Waals surface area contributed by atoms with Crippen molar-refractivity contribution in [3.8, 4) is 0 Å². The summed E-state index contributed by atoms with van der Waals surface area (Å²) in [6.07, 6.45) is 4.68. The summed E-state index contributed by atoms with van der Waals surface area (Å²) >= 11 is 0. The first-order valence-corrected chi connectivity index (χ1v) is 6.78. The van der Waals surface area contributed by atoms with Gasteiger partial charge in [0.2, 0.25) is 5.91 Å². The van der Waals surface area contributed by atoms with Gasteiger partial charge < -0.3 is 15.4 Å². The van der Waals surface area contributed by atoms with E-state index in [0.717, 1.165) is 42.3 Å². The van der Waals surface area contributed by atoms with Crippen molar-refractivity contribution in [3.63, 3.8) is 0 Å². The van der Waals surface area contributed by atoms with Gasteiger partial charge in [-0.3, -0.25) is 4.79 Å². The van der Waals surface area contributed by atoms with Crippen molar-refractivity contribution in [2.24, 2.45) is 5.92 Å². The van der Waals surface area contributed by atoms with E-state index in [9.17, 15) is 9.90 Å². The minimum absolute atomic E-state index is 0.0327. The van der Waals surface area contributed by atoms with Gasteiger partial charge in [0.15, 0.2) is 0 Å². The summed E-state index contributed by atoms with van der Waals surface area (Å²) in [4.78, 5) is 15.3. The lowest BCUT2D eigenvalue weighted by Gasteiger charge is -2.24. The number of hydrogen-bond acceptors (Lipinski definition) is 2. The molecule has 1 aliphatic rings. The molecule has 19 heavy (non-hydrogen) atoms. The van der Waals surface area contributed by atoms with E-state index < -0.39 is 0 Å². The summed E-state index contributed by atoms with van der Waals surface area (Å²) in [7, 11) is 0. The smallest absolute Gasteiger partial charge is 0.227 e. The van der Waals surface area contributed by atoms with Crippen LogP contribution in [-0.4, -0.2) is 22.1 Å². The number of benzene rings is 1. The number of aromatic amines is 1. The van der Waals surface area contributed by atoms with E-state index in [0.29, 0.717) is 0 Å². The van der Waals surface area contributed by atoms with Crippen LogP contribution in [-0.2, 0) is 4.79 Å². The standard InChI is InChI=1S/C15H18N2O2/c18-13-4-1-10(2-5-13)15(19)17-12-3-6-14-11(9-12)7-8-16-14/h3,6-10,13,16,18H,1-2,4-5H2,(H,17,19). The molecule has 1 aromatic heterocycles. The maximum Gasteiger partial charge on any atom is 0.227 e. The second kappa shape index (κ2) is 5.05. The number of aromatic nitrogens is 1. The Morgan fingerprint density at radius 3 is 2.79 bits per heavy atom. The molecule has 1 heterocycles. The number of rotatable bonds is 2. The van der Waals surface area contributed by atoms with Crippen LogP contribution in [0, 0.1) is 5.92 Å². The molecule has 0 atom stereocenters. The highest BCUT2D eigenvalue weighted by Crippen LogP contribution is 2.26. The first-order valence-electron chi connectivity index (χ1n) is 6.78. The Hall–Kier alpha value is -1.81. The molecule has 3 N–H and O–H groups in total. The molecule has 100 valence electrons. The Kier molecular flexibility index (Phi) is 3.25. The van der Waals surface area contributed by atoms with Crippen molar-refractivity contribution >= 4 is 22.5 Å². The van der Waals surface area contributed by atoms with Gasteiger partial charge in [0.1, 0.15) is 0 Å². The van der Waals surface area contributed by atoms with Gasteiger partial charge in [-0.25, -0.2) is 0 Å². The molecule has 3 rings (SSSR count). The third kappa shape index (κ3) is 2.63. The molecule has 4 heteroatoms. The molecule has 1 amide bonds. The number of hydrogen-bond donors (Lipinski definition) is 3. The Morgan fingerprint density at radius 2 is 2.00 bits per heavy atom. The van der Waals surface area contributed by atoms with Gasteiger partial charge in [-0.05, 0) is 49.9 Å². The zero-order chi connectivity index (χ0) is 13.2. The van der Waals surface area contributed by atoms with E-state index in [1.165, 1.54) is 0 Å². The maximum absolute atomic E-state index is 12.1. The monoisotopic (exact) mass is 258 g/mol. The molecule has 1 aliphatic carbocycles. The van der Waals surface area contributed by atoms with Crippen LogP contribution in [0.2, 0.25) is 0 Å². The molecule has 2 aromatic rings. The van der Waals surface area contributed by atoms with E-state index in [1.807, 2.05) is 30.5 Å². The van der Waals surface area contributed by atoms with Crippen molar-refractivity contribution in [1.82, 2.24) is 4.98 Å². The maximum atomic E-state index is 12.1. The molecule has 1 aromatic carbocycles. The second-order valence-corrected chi connectivity index (χ2v) is 5.27. The zero-order valence-electron chi connectivity index (χ0n) is 10.7. The molecular formula is C15H18N2O2. The van der Waals surface area contributed by atoms with Crippen LogP contribution in [0.4, 0.5) is 5.69 Å². The van der Waals surface area contributed by atoms with Crippen LogP contribution in [0.25, 0.3) is 10.9 Å². The van der Waals surface area contributed by atoms with Crippen LogP contribution < -0.4 is 5.32 Å². The van der Waals surface area contributed by atoms with Crippen molar-refractivity contribution in [3.05, 3.63) is 30.5 Å². The Labute approximate surface area is 111 Å². The molecule has 0 bridgehead atoms. The quantitative estimate of drug-likeness (QED) is 0.775. The molecule has 0 spiro atoms. The number of H-pyrrole nitrogens is 1. The van der Waals surface area contributed by atoms with Crippen LogP contribution in [0.15, 0.2) is 30.5 Å². The van der Waals surface area contributed by atoms with Crippen molar-refractivity contribution in [2.45, 2.75) is 31.8 Å². The average Bonchev–Trinajstić information content (AvgIpc) is 2.87. The molecular weight excluding hydrogens is 240 g/mol. The fourth-order valence-corrected chi connectivity index (χ4v) is 2.71. The molecule has 1 fully saturated rings. The number of fused-ring (bicyclic) bond motifs is 1. The first kappa shape index (κ1) is 12.2. The zero-order valence-corrected chi connectivity index (χ0v) is 10.7. The highest BCUT2D eigenvalue weighted by atomic mass is 16.3. The van der Waals surface area contributed by atoms with Gasteiger partial charge in [-0.2, -0.15) is 0 Å². The highest BCUT2D eigenvalue weighted by Gasteiger charge is 2.25. The van der Waals surface area contributed by atoms with Crippen LogP contribution in [0.3, 0.4) is 0 Å². The summed E-state index contributed by atoms with van der Waals surface area (Å²) in [5.41, 5.74) is 1.90. The molecule has 0 aliphatic heterocycles. The molecule has 0 saturated heterocycles. The third-order valence-corrected chi connectivity index (χ3v) is 3.89. The predicted octanol–water partition coefficient (Wildman–Crippen LogP) is 2.66. The lowest BCUT2D eigenvalue weighted by molar-refractivity contribution is -0.121. The third-order valence-electron chi connectivity index (χ3n) is 3.89. The lowest BCUT2D eigenvalue weighted by Crippen LogP contribution is -2.28. The topological polar surface area (TPSA) is 65.1 Å². The summed E-state index contributed by atoms with van der Waals surface area (Å²) in [6.45, 7) is 0. The average molecular weight is 258 g/mol. The SMILES string of the molecule is O=C(Nc1ccc2[nH]ccc2c1)C1CCC(O)CC1. The number of aliphatic hydroxyl groups is 1. The number of carbonyl (C=O) groups is 1. The minimum atomic E-state index is -0.222. The molecule has 4 nitrogen and oxygen atoms in total. The largest absolute Gasteiger partial charge is 0.393 e. The number of aliphatic hydroxyl groups excluding tert-OH is 1. The highest BCUT2D eigenvalue weighted by molar-refractivity contribution is 5.95. The number of amides is 1. The summed E-state index contributed by atoms with van der Waals surface area (Å²) in [5, 5.41) is 13.5. The number of anilines is 1. The Balaban J connectivity index is 1.68. The summed E-state index contributed by atoms with van der Waals surface area (Å²) in [5.74, 6) is 0.104. The van der Waals surface area contributed by atoms with Gasteiger partial charge in [0.25, 0.3) is 0 Å². The van der Waals surface area contributed by atoms with Gasteiger partial charge in [-0.1, -0.05) is 0 Å². The normalized spacial score (nSPS) is 23.4. The molecule has 0 radical (unpaired) electrons. The Morgan fingerprint density at radius 1 is 1.21 bits per heavy atom. The lowest BCUT2D eigenvalue weighted by atomic mass is 9.87. The van der Waals surface area contributed by atoms with E-state index in [2.05, 4.69) is 10.3 Å². The van der Waals surface area contributed by atoms with Gasteiger partial charge in [0, 0.05) is 28.7 Å². The summed E-state index contributed by atoms with van der Waals surface area (Å²) < 4.78 is 0. The fraction of sp³-hybridized carbons (Fsp3) is 0.400. The molecule has 0 unspecified atom stereocenters. The van der Waals surface area contributed by atoms with Gasteiger partial charge >= 0.3 is 0 Å². The van der Waals surface area contributed by atoms with E-state index in [-0.39, 0.29) is 17.9 Å². The second-order valence-electron chi connectivity index (χ2n) is 5.27. The minimum Gasteiger partial charge on any atom is -0.393 e. The molecule has 1 saturated carbocycles. The predicted molar refractivity (Wildman–Crippen MR) is 74.9 cm³/mol. The van der Waals surface area contributed by atoms with E-state index in [1.54, 1.807) is 0 Å². The van der Waals surface area contributed by atoms with Crippen LogP contribution in [0.1, 0.15) is 25.7 Å². The number of nitrogens with one attached hydrogen (secondary N) is 2. The van der Waals surface area contributed by atoms with Crippen LogP contribution >= 0.6 is 0 Å². The van der Waals surface area contributed by atoms with Gasteiger partial charge in [0.05, 0.1) is 6.10 Å². The first-order chi connectivity index (χ1) is 9.22. The van der Waals surface area contributed by atoms with Crippen molar-refractivity contribution < 1.29 is 9.90 Å². The van der Waals surface area contributed by atoms with E-state index >= 15 is 0 Å². The van der Waals surface area contributed by atoms with E-state index in [4.69, 9.17) is 0 Å². The Bertz CT molecular complexity index is 583. The summed E-state index contributed by atoms with van der Waals surface area (Å²) in [6, 6.07) is 7.84. The van der Waals surface area contributed by atoms with Crippen LogP contribution in [0.5, 0.6) is 0 Å².